The molecule has 0 saturated heterocycles. The van der Waals surface area contributed by atoms with Crippen molar-refractivity contribution in [2.24, 2.45) is 5.41 Å². The quantitative estimate of drug-likeness (QED) is 0.892. The van der Waals surface area contributed by atoms with Gasteiger partial charge in [-0.2, -0.15) is 5.26 Å². The van der Waals surface area contributed by atoms with Gasteiger partial charge in [0.05, 0.1) is 16.8 Å². The van der Waals surface area contributed by atoms with Gasteiger partial charge in [-0.1, -0.05) is 24.6 Å². The lowest BCUT2D eigenvalue weighted by Gasteiger charge is -2.19. The number of aryl methyl sites for hydroxylation is 1. The molecule has 17 heavy (non-hydrogen) atoms. The van der Waals surface area contributed by atoms with Gasteiger partial charge in [0.15, 0.2) is 0 Å². The zero-order valence-corrected chi connectivity index (χ0v) is 10.9. The van der Waals surface area contributed by atoms with E-state index in [-0.39, 0.29) is 5.91 Å². The molecule has 0 bridgehead atoms. The number of rotatable bonds is 3. The van der Waals surface area contributed by atoms with Gasteiger partial charge in [-0.3, -0.25) is 4.79 Å². The number of halogens is 1. The van der Waals surface area contributed by atoms with Crippen molar-refractivity contribution in [3.05, 3.63) is 28.8 Å². The Hall–Kier alpha value is -1.53. The second-order valence-corrected chi connectivity index (χ2v) is 4.64. The van der Waals surface area contributed by atoms with E-state index in [2.05, 4.69) is 5.32 Å². The highest BCUT2D eigenvalue weighted by molar-refractivity contribution is 6.33. The molecule has 1 amide bonds. The molecule has 0 radical (unpaired) electrons. The van der Waals surface area contributed by atoms with E-state index in [1.165, 1.54) is 0 Å². The zero-order chi connectivity index (χ0) is 13.1. The highest BCUT2D eigenvalue weighted by Gasteiger charge is 2.31. The SMILES string of the molecule is CCC(C)(C#N)C(=O)Nc1ccc(C)cc1Cl. The second-order valence-electron chi connectivity index (χ2n) is 4.23. The standard InChI is InChI=1S/C13H15ClN2O/c1-4-13(3,8-15)12(17)16-11-6-5-9(2)7-10(11)14/h5-7H,4H2,1-3H3,(H,16,17). The summed E-state index contributed by atoms with van der Waals surface area (Å²) in [6, 6.07) is 7.39. The lowest BCUT2D eigenvalue weighted by Crippen LogP contribution is -2.31. The summed E-state index contributed by atoms with van der Waals surface area (Å²) < 4.78 is 0. The van der Waals surface area contributed by atoms with Crippen molar-refractivity contribution in [2.75, 3.05) is 5.32 Å². The van der Waals surface area contributed by atoms with Crippen molar-refractivity contribution in [1.82, 2.24) is 0 Å². The van der Waals surface area contributed by atoms with Crippen molar-refractivity contribution in [1.29, 1.82) is 5.26 Å². The van der Waals surface area contributed by atoms with Gasteiger partial charge < -0.3 is 5.32 Å². The molecular weight excluding hydrogens is 236 g/mol. The molecule has 1 unspecified atom stereocenters. The molecule has 1 atom stereocenters. The third-order valence-electron chi connectivity index (χ3n) is 2.83. The minimum Gasteiger partial charge on any atom is -0.323 e. The Kier molecular flexibility index (Phi) is 4.14. The van der Waals surface area contributed by atoms with E-state index in [0.717, 1.165) is 5.56 Å². The molecule has 0 heterocycles. The molecule has 0 aliphatic rings. The first-order valence-corrected chi connectivity index (χ1v) is 5.79. The Bertz CT molecular complexity index is 479. The summed E-state index contributed by atoms with van der Waals surface area (Å²) in [4.78, 5) is 11.9. The van der Waals surface area contributed by atoms with Crippen LogP contribution in [0.4, 0.5) is 5.69 Å². The number of carbonyl (C=O) groups excluding carboxylic acids is 1. The van der Waals surface area contributed by atoms with Crippen LogP contribution in [0.2, 0.25) is 5.02 Å². The number of benzene rings is 1. The van der Waals surface area contributed by atoms with E-state index in [1.807, 2.05) is 19.1 Å². The first-order chi connectivity index (χ1) is 7.92. The average Bonchev–Trinajstić information content (AvgIpc) is 2.31. The van der Waals surface area contributed by atoms with Gasteiger partial charge in [0.2, 0.25) is 5.91 Å². The predicted octanol–water partition coefficient (Wildman–Crippen LogP) is 3.53. The van der Waals surface area contributed by atoms with Crippen molar-refractivity contribution < 1.29 is 4.79 Å². The van der Waals surface area contributed by atoms with Crippen LogP contribution in [-0.2, 0) is 4.79 Å². The molecule has 3 nitrogen and oxygen atoms in total. The summed E-state index contributed by atoms with van der Waals surface area (Å²) in [6.07, 6.45) is 0.457. The van der Waals surface area contributed by atoms with Crippen LogP contribution >= 0.6 is 11.6 Å². The number of nitrogens with one attached hydrogen (secondary N) is 1. The monoisotopic (exact) mass is 250 g/mol. The van der Waals surface area contributed by atoms with Crippen LogP contribution in [0.25, 0.3) is 0 Å². The van der Waals surface area contributed by atoms with Gasteiger partial charge in [-0.25, -0.2) is 0 Å². The molecule has 1 N–H and O–H groups in total. The van der Waals surface area contributed by atoms with Crippen molar-refractivity contribution in [3.63, 3.8) is 0 Å². The molecule has 0 aliphatic heterocycles. The van der Waals surface area contributed by atoms with Crippen molar-refractivity contribution in [3.8, 4) is 6.07 Å². The Labute approximate surface area is 106 Å². The lowest BCUT2D eigenvalue weighted by molar-refractivity contribution is -0.122. The largest absolute Gasteiger partial charge is 0.323 e. The molecule has 0 spiro atoms. The number of nitrogens with zero attached hydrogens (tertiary/aromatic N) is 1. The first kappa shape index (κ1) is 13.5. The van der Waals surface area contributed by atoms with Gasteiger partial charge in [0.25, 0.3) is 0 Å². The van der Waals surface area contributed by atoms with Gasteiger partial charge in [-0.05, 0) is 38.0 Å². The van der Waals surface area contributed by atoms with Gasteiger partial charge in [-0.15, -0.1) is 0 Å². The van der Waals surface area contributed by atoms with Crippen molar-refractivity contribution in [2.45, 2.75) is 27.2 Å². The van der Waals surface area contributed by atoms with Crippen LogP contribution in [0.3, 0.4) is 0 Å². The van der Waals surface area contributed by atoms with Crippen LogP contribution in [0.1, 0.15) is 25.8 Å². The molecule has 90 valence electrons. The molecule has 0 aliphatic carbocycles. The topological polar surface area (TPSA) is 52.9 Å². The normalized spacial score (nSPS) is 13.6. The molecule has 1 aromatic carbocycles. The predicted molar refractivity (Wildman–Crippen MR) is 68.8 cm³/mol. The van der Waals surface area contributed by atoms with Gasteiger partial charge >= 0.3 is 0 Å². The van der Waals surface area contributed by atoms with Crippen LogP contribution in [-0.4, -0.2) is 5.91 Å². The fourth-order valence-corrected chi connectivity index (χ4v) is 1.55. The third-order valence-corrected chi connectivity index (χ3v) is 3.14. The number of amides is 1. The molecule has 4 heteroatoms. The number of hydrogen-bond acceptors (Lipinski definition) is 2. The molecule has 1 rings (SSSR count). The molecular formula is C13H15ClN2O. The summed E-state index contributed by atoms with van der Waals surface area (Å²) in [5.74, 6) is -0.326. The Morgan fingerprint density at radius 1 is 1.59 bits per heavy atom. The van der Waals surface area contributed by atoms with Crippen LogP contribution < -0.4 is 5.32 Å². The third kappa shape index (κ3) is 2.98. The molecule has 0 aromatic heterocycles. The number of anilines is 1. The minimum absolute atomic E-state index is 0.326. The lowest BCUT2D eigenvalue weighted by atomic mass is 9.88. The Morgan fingerprint density at radius 2 is 2.24 bits per heavy atom. The second kappa shape index (κ2) is 5.20. The summed E-state index contributed by atoms with van der Waals surface area (Å²) >= 11 is 6.01. The molecule has 0 saturated carbocycles. The van der Waals surface area contributed by atoms with Gasteiger partial charge in [0, 0.05) is 0 Å². The average molecular weight is 251 g/mol. The Balaban J connectivity index is 2.93. The van der Waals surface area contributed by atoms with E-state index in [0.29, 0.717) is 17.1 Å². The van der Waals surface area contributed by atoms with Gasteiger partial charge in [0.1, 0.15) is 5.41 Å². The van der Waals surface area contributed by atoms with Crippen molar-refractivity contribution >= 4 is 23.2 Å². The maximum atomic E-state index is 11.9. The summed E-state index contributed by atoms with van der Waals surface area (Å²) in [6.45, 7) is 5.34. The zero-order valence-electron chi connectivity index (χ0n) is 10.2. The van der Waals surface area contributed by atoms with E-state index >= 15 is 0 Å². The van der Waals surface area contributed by atoms with E-state index in [4.69, 9.17) is 16.9 Å². The molecule has 1 aromatic rings. The molecule has 0 fully saturated rings. The number of nitriles is 1. The fourth-order valence-electron chi connectivity index (χ4n) is 1.27. The summed E-state index contributed by atoms with van der Waals surface area (Å²) in [5.41, 5.74) is 0.539. The van der Waals surface area contributed by atoms with E-state index in [9.17, 15) is 4.79 Å². The maximum absolute atomic E-state index is 11.9. The minimum atomic E-state index is -1.02. The maximum Gasteiger partial charge on any atom is 0.244 e. The van der Waals surface area contributed by atoms with E-state index in [1.54, 1.807) is 26.0 Å². The number of carbonyl (C=O) groups is 1. The summed E-state index contributed by atoms with van der Waals surface area (Å²) in [7, 11) is 0. The fraction of sp³-hybridized carbons (Fsp3) is 0.385. The number of hydrogen-bond donors (Lipinski definition) is 1. The summed E-state index contributed by atoms with van der Waals surface area (Å²) in [5, 5.41) is 12.2. The van der Waals surface area contributed by atoms with E-state index < -0.39 is 5.41 Å². The first-order valence-electron chi connectivity index (χ1n) is 5.42. The van der Waals surface area contributed by atoms with Crippen LogP contribution in [0.15, 0.2) is 18.2 Å². The smallest absolute Gasteiger partial charge is 0.244 e. The van der Waals surface area contributed by atoms with Crippen LogP contribution in [0, 0.1) is 23.7 Å². The highest BCUT2D eigenvalue weighted by atomic mass is 35.5. The van der Waals surface area contributed by atoms with Crippen LogP contribution in [0.5, 0.6) is 0 Å². The highest BCUT2D eigenvalue weighted by Crippen LogP contribution is 2.27. The Morgan fingerprint density at radius 3 is 2.71 bits per heavy atom.